The van der Waals surface area contributed by atoms with E-state index in [0.29, 0.717) is 0 Å². The molecule has 0 saturated carbocycles. The molecule has 0 fully saturated rings. The van der Waals surface area contributed by atoms with Crippen LogP contribution >= 0.6 is 0 Å². The van der Waals surface area contributed by atoms with Crippen LogP contribution in [0.25, 0.3) is 23.0 Å². The van der Waals surface area contributed by atoms with E-state index in [-0.39, 0.29) is 0 Å². The molecule has 1 aromatic carbocycles. The van der Waals surface area contributed by atoms with Gasteiger partial charge in [0.05, 0.1) is 11.4 Å². The number of hydrogen-bond donors (Lipinski definition) is 0. The van der Waals surface area contributed by atoms with E-state index in [9.17, 15) is 0 Å². The molecule has 0 radical (unpaired) electrons. The van der Waals surface area contributed by atoms with E-state index in [4.69, 9.17) is 0 Å². The molecule has 2 heterocycles. The summed E-state index contributed by atoms with van der Waals surface area (Å²) in [6.45, 7) is 3.88. The third-order valence-electron chi connectivity index (χ3n) is 2.81. The lowest BCUT2D eigenvalue weighted by atomic mass is 10.1. The summed E-state index contributed by atoms with van der Waals surface area (Å²) in [5.41, 5.74) is 4.07. The number of nitrogens with zero attached hydrogens (tertiary/aromatic N) is 2. The van der Waals surface area contributed by atoms with Crippen molar-refractivity contribution in [2.75, 3.05) is 0 Å². The van der Waals surface area contributed by atoms with Gasteiger partial charge in [0.15, 0.2) is 0 Å². The molecule has 2 aromatic heterocycles. The lowest BCUT2D eigenvalue weighted by Crippen LogP contribution is -1.86. The Balaban J connectivity index is 2.33. The van der Waals surface area contributed by atoms with Gasteiger partial charge < -0.3 is 0 Å². The van der Waals surface area contributed by atoms with Crippen molar-refractivity contribution in [2.45, 2.75) is 0 Å². The third-order valence-corrected chi connectivity index (χ3v) is 2.81. The molecule has 0 aliphatic heterocycles. The minimum Gasteiger partial charge on any atom is -0.300 e. The molecule has 2 heteroatoms. The van der Waals surface area contributed by atoms with Gasteiger partial charge in [-0.3, -0.25) is 4.40 Å². The van der Waals surface area contributed by atoms with Crippen LogP contribution in [0.2, 0.25) is 0 Å². The summed E-state index contributed by atoms with van der Waals surface area (Å²) in [5.74, 6) is 0. The van der Waals surface area contributed by atoms with Gasteiger partial charge in [0, 0.05) is 11.8 Å². The zero-order chi connectivity index (χ0) is 11.7. The first-order valence-corrected chi connectivity index (χ1v) is 5.55. The van der Waals surface area contributed by atoms with Crippen LogP contribution in [-0.2, 0) is 0 Å². The second kappa shape index (κ2) is 3.91. The zero-order valence-electron chi connectivity index (χ0n) is 9.38. The highest BCUT2D eigenvalue weighted by Crippen LogP contribution is 2.24. The number of hydrogen-bond acceptors (Lipinski definition) is 1. The third kappa shape index (κ3) is 1.54. The van der Waals surface area contributed by atoms with Gasteiger partial charge >= 0.3 is 0 Å². The Morgan fingerprint density at radius 1 is 1.00 bits per heavy atom. The van der Waals surface area contributed by atoms with Gasteiger partial charge in [-0.2, -0.15) is 0 Å². The summed E-state index contributed by atoms with van der Waals surface area (Å²) >= 11 is 0. The van der Waals surface area contributed by atoms with E-state index in [0.717, 1.165) is 22.6 Å². The zero-order valence-corrected chi connectivity index (χ0v) is 9.38. The van der Waals surface area contributed by atoms with Crippen LogP contribution in [0.5, 0.6) is 0 Å². The SMILES string of the molecule is C=Cc1c(-c2ccccc2)nc2ccccn12. The quantitative estimate of drug-likeness (QED) is 0.644. The largest absolute Gasteiger partial charge is 0.300 e. The second-order valence-corrected chi connectivity index (χ2v) is 3.84. The number of imidazole rings is 1. The Hall–Kier alpha value is -2.35. The van der Waals surface area contributed by atoms with Crippen molar-refractivity contribution in [3.05, 3.63) is 67.0 Å². The van der Waals surface area contributed by atoms with Crippen molar-refractivity contribution in [1.82, 2.24) is 9.38 Å². The highest BCUT2D eigenvalue weighted by Gasteiger charge is 2.10. The van der Waals surface area contributed by atoms with Crippen LogP contribution in [-0.4, -0.2) is 9.38 Å². The van der Waals surface area contributed by atoms with Gasteiger partial charge in [0.2, 0.25) is 0 Å². The smallest absolute Gasteiger partial charge is 0.137 e. The Morgan fingerprint density at radius 3 is 2.53 bits per heavy atom. The molecule has 0 saturated heterocycles. The topological polar surface area (TPSA) is 17.3 Å². The summed E-state index contributed by atoms with van der Waals surface area (Å²) in [6, 6.07) is 16.2. The molecule has 2 nitrogen and oxygen atoms in total. The number of pyridine rings is 1. The normalized spacial score (nSPS) is 10.6. The van der Waals surface area contributed by atoms with Gasteiger partial charge in [0.1, 0.15) is 5.65 Å². The monoisotopic (exact) mass is 220 g/mol. The highest BCUT2D eigenvalue weighted by atomic mass is 15.0. The minimum absolute atomic E-state index is 0.946. The molecular formula is C15H12N2. The van der Waals surface area contributed by atoms with E-state index >= 15 is 0 Å². The molecule has 0 aliphatic carbocycles. The maximum Gasteiger partial charge on any atom is 0.137 e. The molecule has 0 unspecified atom stereocenters. The van der Waals surface area contributed by atoms with Crippen LogP contribution in [0.3, 0.4) is 0 Å². The number of rotatable bonds is 2. The Bertz CT molecular complexity index is 666. The van der Waals surface area contributed by atoms with Crippen molar-refractivity contribution in [3.8, 4) is 11.3 Å². The first-order valence-electron chi connectivity index (χ1n) is 5.55. The molecule has 0 N–H and O–H groups in total. The maximum absolute atomic E-state index is 4.65. The van der Waals surface area contributed by atoms with Crippen molar-refractivity contribution in [1.29, 1.82) is 0 Å². The van der Waals surface area contributed by atoms with Crippen LogP contribution in [0.1, 0.15) is 5.69 Å². The predicted octanol–water partition coefficient (Wildman–Crippen LogP) is 3.64. The average molecular weight is 220 g/mol. The number of fused-ring (bicyclic) bond motifs is 1. The van der Waals surface area contributed by atoms with Crippen molar-refractivity contribution in [3.63, 3.8) is 0 Å². The minimum atomic E-state index is 0.946. The molecule has 0 bridgehead atoms. The predicted molar refractivity (Wildman–Crippen MR) is 70.7 cm³/mol. The highest BCUT2D eigenvalue weighted by molar-refractivity contribution is 5.73. The van der Waals surface area contributed by atoms with Crippen LogP contribution in [0.15, 0.2) is 61.3 Å². The first-order chi connectivity index (χ1) is 8.40. The van der Waals surface area contributed by atoms with Crippen molar-refractivity contribution >= 4 is 11.7 Å². The standard InChI is InChI=1S/C15H12N2/c1-2-13-15(12-8-4-3-5-9-12)16-14-10-6-7-11-17(13)14/h2-11H,1H2. The molecule has 17 heavy (non-hydrogen) atoms. The molecule has 0 aliphatic rings. The van der Waals surface area contributed by atoms with E-state index in [2.05, 4.69) is 28.1 Å². The Morgan fingerprint density at radius 2 is 1.76 bits per heavy atom. The maximum atomic E-state index is 4.65. The van der Waals surface area contributed by atoms with Crippen LogP contribution in [0, 0.1) is 0 Å². The molecular weight excluding hydrogens is 208 g/mol. The summed E-state index contributed by atoms with van der Waals surface area (Å²) in [5, 5.41) is 0. The second-order valence-electron chi connectivity index (χ2n) is 3.84. The van der Waals surface area contributed by atoms with E-state index in [1.54, 1.807) is 0 Å². The van der Waals surface area contributed by atoms with Gasteiger partial charge in [-0.05, 0) is 18.2 Å². The molecule has 3 aromatic rings. The molecule has 0 amide bonds. The lowest BCUT2D eigenvalue weighted by Gasteiger charge is -1.99. The van der Waals surface area contributed by atoms with E-state index in [1.807, 2.05) is 48.7 Å². The first kappa shape index (κ1) is 9.85. The summed E-state index contributed by atoms with van der Waals surface area (Å²) in [6.07, 6.45) is 3.86. The average Bonchev–Trinajstić information content (AvgIpc) is 2.78. The van der Waals surface area contributed by atoms with Crippen LogP contribution in [0.4, 0.5) is 0 Å². The van der Waals surface area contributed by atoms with E-state index in [1.165, 1.54) is 0 Å². The number of benzene rings is 1. The Kier molecular flexibility index (Phi) is 2.26. The fourth-order valence-electron chi connectivity index (χ4n) is 2.02. The fourth-order valence-corrected chi connectivity index (χ4v) is 2.02. The van der Waals surface area contributed by atoms with Gasteiger partial charge in [-0.1, -0.05) is 43.0 Å². The van der Waals surface area contributed by atoms with Gasteiger partial charge in [-0.15, -0.1) is 0 Å². The molecule has 3 rings (SSSR count). The van der Waals surface area contributed by atoms with Crippen LogP contribution < -0.4 is 0 Å². The Labute approximate surface area is 99.9 Å². The summed E-state index contributed by atoms with van der Waals surface area (Å²) in [4.78, 5) is 4.65. The number of aromatic nitrogens is 2. The van der Waals surface area contributed by atoms with Gasteiger partial charge in [0.25, 0.3) is 0 Å². The molecule has 0 spiro atoms. The van der Waals surface area contributed by atoms with Crippen molar-refractivity contribution in [2.24, 2.45) is 0 Å². The lowest BCUT2D eigenvalue weighted by molar-refractivity contribution is 1.17. The molecule has 82 valence electrons. The summed E-state index contributed by atoms with van der Waals surface area (Å²) in [7, 11) is 0. The van der Waals surface area contributed by atoms with Crippen molar-refractivity contribution < 1.29 is 0 Å². The van der Waals surface area contributed by atoms with Gasteiger partial charge in [-0.25, -0.2) is 4.98 Å². The molecule has 0 atom stereocenters. The fraction of sp³-hybridized carbons (Fsp3) is 0. The van der Waals surface area contributed by atoms with E-state index < -0.39 is 0 Å². The summed E-state index contributed by atoms with van der Waals surface area (Å²) < 4.78 is 2.05.